The lowest BCUT2D eigenvalue weighted by Gasteiger charge is -2.23. The third-order valence-electron chi connectivity index (χ3n) is 8.54. The van der Waals surface area contributed by atoms with Gasteiger partial charge >= 0.3 is 24.7 Å². The molecule has 1 unspecified atom stereocenters. The largest absolute Gasteiger partial charge is 0.417 e. The highest BCUT2D eigenvalue weighted by molar-refractivity contribution is 6.29. The number of benzene rings is 2. The molecule has 0 amide bonds. The summed E-state index contributed by atoms with van der Waals surface area (Å²) in [5.41, 5.74) is -16.3. The van der Waals surface area contributed by atoms with E-state index in [1.165, 1.54) is 30.3 Å². The van der Waals surface area contributed by atoms with Crippen LogP contribution in [0.5, 0.6) is 0 Å². The van der Waals surface area contributed by atoms with Crippen molar-refractivity contribution in [2.75, 3.05) is 0 Å². The Balaban J connectivity index is 2.46. The van der Waals surface area contributed by atoms with E-state index in [9.17, 15) is 89.5 Å². The van der Waals surface area contributed by atoms with Crippen LogP contribution in [-0.4, -0.2) is 6.18 Å². The van der Waals surface area contributed by atoms with E-state index in [-0.39, 0.29) is 18.2 Å². The molecule has 1 fully saturated rings. The summed E-state index contributed by atoms with van der Waals surface area (Å²) < 4.78 is 174. The van der Waals surface area contributed by atoms with Crippen molar-refractivity contribution in [1.29, 1.82) is 36.8 Å². The summed E-state index contributed by atoms with van der Waals surface area (Å²) in [7, 11) is 0. The summed E-state index contributed by atoms with van der Waals surface area (Å²) in [5.74, 6) is -1.88. The maximum Gasteiger partial charge on any atom is 0.417 e. The molecule has 0 N–H and O–H groups in total. The van der Waals surface area contributed by atoms with E-state index < -0.39 is 129 Å². The Morgan fingerprint density at radius 3 is 1.23 bits per heavy atom. The second-order valence-corrected chi connectivity index (χ2v) is 11.9. The predicted octanol–water partition coefficient (Wildman–Crippen LogP) is 6.69. The van der Waals surface area contributed by atoms with Crippen molar-refractivity contribution in [2.45, 2.75) is 38.6 Å². The van der Waals surface area contributed by atoms with Crippen molar-refractivity contribution in [3.63, 3.8) is 0 Å². The molecule has 1 atom stereocenters. The van der Waals surface area contributed by atoms with Crippen molar-refractivity contribution < 1.29 is 52.7 Å². The Kier molecular flexibility index (Phi) is 10.8. The molecular weight excluding hydrogens is 782 g/mol. The molecular formula is C38H13F12N7. The first-order valence-electron chi connectivity index (χ1n) is 15.2. The van der Waals surface area contributed by atoms with Crippen LogP contribution in [0.15, 0.2) is 69.9 Å². The lowest BCUT2D eigenvalue weighted by atomic mass is 9.81. The molecule has 0 saturated heterocycles. The van der Waals surface area contributed by atoms with Crippen molar-refractivity contribution in [3.05, 3.63) is 113 Å². The number of alkyl halides is 12. The number of nitriles is 7. The van der Waals surface area contributed by atoms with E-state index in [1.807, 2.05) is 0 Å². The average molecular weight is 796 g/mol. The molecule has 4 rings (SSSR count). The van der Waals surface area contributed by atoms with Gasteiger partial charge in [0.25, 0.3) is 0 Å². The van der Waals surface area contributed by atoms with E-state index in [0.717, 1.165) is 38.1 Å². The van der Waals surface area contributed by atoms with Gasteiger partial charge in [-0.15, -0.1) is 0 Å². The highest BCUT2D eigenvalue weighted by Gasteiger charge is 2.45. The zero-order chi connectivity index (χ0) is 43.2. The Labute approximate surface area is 311 Å². The normalized spacial score (nSPS) is 17.2. The summed E-state index contributed by atoms with van der Waals surface area (Å²) in [4.78, 5) is 0. The molecule has 0 heterocycles. The van der Waals surface area contributed by atoms with Crippen LogP contribution in [0.3, 0.4) is 0 Å². The Bertz CT molecular complexity index is 2790. The molecule has 0 bridgehead atoms. The minimum absolute atomic E-state index is 0.0195. The molecule has 1 saturated carbocycles. The van der Waals surface area contributed by atoms with Crippen molar-refractivity contribution in [2.24, 2.45) is 5.92 Å². The lowest BCUT2D eigenvalue weighted by molar-refractivity contribution is -0.144. The molecule has 0 aliphatic heterocycles. The van der Waals surface area contributed by atoms with Crippen LogP contribution in [0.25, 0.3) is 22.3 Å². The molecule has 2 aromatic rings. The third kappa shape index (κ3) is 7.72. The maximum atomic E-state index is 14.5. The topological polar surface area (TPSA) is 167 Å². The van der Waals surface area contributed by atoms with Crippen LogP contribution in [-0.2, 0) is 18.5 Å². The van der Waals surface area contributed by atoms with E-state index >= 15 is 0 Å². The van der Waals surface area contributed by atoms with E-state index in [1.54, 1.807) is 0 Å². The summed E-state index contributed by atoms with van der Waals surface area (Å²) in [6.07, 6.45) is -21.0. The Morgan fingerprint density at radius 2 is 0.860 bits per heavy atom. The molecule has 2 aromatic carbocycles. The number of halogens is 12. The zero-order valence-electron chi connectivity index (χ0n) is 28.2. The van der Waals surface area contributed by atoms with Gasteiger partial charge < -0.3 is 0 Å². The van der Waals surface area contributed by atoms with E-state index in [4.69, 9.17) is 0 Å². The van der Waals surface area contributed by atoms with Crippen LogP contribution >= 0.6 is 0 Å². The second-order valence-electron chi connectivity index (χ2n) is 11.9. The second kappa shape index (κ2) is 14.6. The molecule has 0 spiro atoms. The van der Waals surface area contributed by atoms with Gasteiger partial charge in [-0.25, -0.2) is 0 Å². The maximum absolute atomic E-state index is 14.5. The van der Waals surface area contributed by atoms with Gasteiger partial charge in [0.1, 0.15) is 53.1 Å². The number of aryl methyl sites for hydroxylation is 1. The monoisotopic (exact) mass is 795 g/mol. The number of hydrogen-bond donors (Lipinski definition) is 0. The summed E-state index contributed by atoms with van der Waals surface area (Å²) >= 11 is 0. The van der Waals surface area contributed by atoms with Gasteiger partial charge in [-0.3, -0.25) is 0 Å². The summed E-state index contributed by atoms with van der Waals surface area (Å²) in [6, 6.07) is 9.76. The molecule has 2 aliphatic carbocycles. The average Bonchev–Trinajstić information content (AvgIpc) is 3.84. The summed E-state index contributed by atoms with van der Waals surface area (Å²) in [6.45, 7) is 1.97. The van der Waals surface area contributed by atoms with Crippen molar-refractivity contribution >= 4 is 22.3 Å². The highest BCUT2D eigenvalue weighted by Crippen LogP contribution is 2.52. The zero-order valence-corrected chi connectivity index (χ0v) is 28.2. The summed E-state index contributed by atoms with van der Waals surface area (Å²) in [5, 5.41) is 61.6. The molecule has 7 nitrogen and oxygen atoms in total. The van der Waals surface area contributed by atoms with E-state index in [2.05, 4.69) is 0 Å². The van der Waals surface area contributed by atoms with Crippen LogP contribution in [0.1, 0.15) is 29.2 Å². The van der Waals surface area contributed by atoms with Crippen LogP contribution in [0.2, 0.25) is 0 Å². The van der Waals surface area contributed by atoms with Crippen LogP contribution < -0.4 is 20.9 Å². The molecule has 0 aromatic heterocycles. The SMILES string of the molecule is CC1=CC(/C(C#N)=C2\C(=c3cc(C(F)(F)F)c(=C(C#N)C#N)c(C(F)(F)F)c3)\C2=c2\cc(C)c(=C(C#N)C#N)c(C(F)(F)F)c2)C=C(C(F)(F)F)C1=C(C#N)C#N. The van der Waals surface area contributed by atoms with Gasteiger partial charge in [-0.1, -0.05) is 18.2 Å². The Hall–Kier alpha value is -7.53. The standard InChI is InChI=1S/C38H13F12N7/c1-16-3-18(5-25(35(39,40)41)29(16)21(9-51)10-52)24(15-57)34-32(19-4-17(2)30(22(11-53)12-54)26(6-19)36(42,43)44)33(34)20-7-27(37(45,46)47)31(23(13-55)14-56)28(8-20)38(48,49)50/h3-8,18H,1-2H3/b32-19+,34-24-. The first-order chi connectivity index (χ1) is 26.3. The number of allylic oxidation sites excluding steroid dienone is 8. The Morgan fingerprint density at radius 1 is 0.474 bits per heavy atom. The third-order valence-corrected chi connectivity index (χ3v) is 8.54. The highest BCUT2D eigenvalue weighted by atomic mass is 19.4. The van der Waals surface area contributed by atoms with E-state index in [0.29, 0.717) is 6.08 Å². The first kappa shape index (κ1) is 42.2. The molecule has 2 aliphatic rings. The fourth-order valence-corrected chi connectivity index (χ4v) is 6.34. The fourth-order valence-electron chi connectivity index (χ4n) is 6.34. The van der Waals surface area contributed by atoms with Gasteiger partial charge in [-0.05, 0) is 64.8 Å². The lowest BCUT2D eigenvalue weighted by Crippen LogP contribution is -2.32. The van der Waals surface area contributed by atoms with Gasteiger partial charge in [-0.2, -0.15) is 89.5 Å². The molecule has 19 heteroatoms. The van der Waals surface area contributed by atoms with Gasteiger partial charge in [0, 0.05) is 33.1 Å². The molecule has 284 valence electrons. The van der Waals surface area contributed by atoms with Crippen LogP contribution in [0, 0.1) is 92.2 Å². The van der Waals surface area contributed by atoms with Gasteiger partial charge in [0.15, 0.2) is 0 Å². The minimum Gasteiger partial charge on any atom is -0.193 e. The fraction of sp³-hybridized carbons (Fsp3) is 0.184. The van der Waals surface area contributed by atoms with Gasteiger partial charge in [0.05, 0.1) is 28.3 Å². The number of rotatable bonds is 1. The molecule has 57 heavy (non-hydrogen) atoms. The number of nitrogens with zero attached hydrogens (tertiary/aromatic N) is 7. The quantitative estimate of drug-likeness (QED) is 0.229. The number of hydrogen-bond acceptors (Lipinski definition) is 7. The molecule has 0 radical (unpaired) electrons. The van der Waals surface area contributed by atoms with Crippen molar-refractivity contribution in [1.82, 2.24) is 0 Å². The first-order valence-corrected chi connectivity index (χ1v) is 15.2. The van der Waals surface area contributed by atoms with Crippen molar-refractivity contribution in [3.8, 4) is 42.5 Å². The van der Waals surface area contributed by atoms with Crippen LogP contribution in [0.4, 0.5) is 52.7 Å². The van der Waals surface area contributed by atoms with Gasteiger partial charge in [0.2, 0.25) is 0 Å². The minimum atomic E-state index is -5.75. The smallest absolute Gasteiger partial charge is 0.193 e. The predicted molar refractivity (Wildman–Crippen MR) is 169 cm³/mol.